The summed E-state index contributed by atoms with van der Waals surface area (Å²) < 4.78 is 13.5. The molecule has 1 atom stereocenters. The van der Waals surface area contributed by atoms with E-state index in [1.54, 1.807) is 48.9 Å². The van der Waals surface area contributed by atoms with Gasteiger partial charge in [0.05, 0.1) is 29.0 Å². The third-order valence-corrected chi connectivity index (χ3v) is 8.72. The van der Waals surface area contributed by atoms with Crippen molar-refractivity contribution in [1.29, 1.82) is 0 Å². The number of nitrogens with zero attached hydrogens (tertiary/aromatic N) is 2. The number of anilines is 1. The Hall–Kier alpha value is -4.63. The molecule has 226 valence electrons. The van der Waals surface area contributed by atoms with E-state index in [9.17, 15) is 9.59 Å². The van der Waals surface area contributed by atoms with Gasteiger partial charge in [-0.25, -0.2) is 4.99 Å². The summed E-state index contributed by atoms with van der Waals surface area (Å²) in [6, 6.07) is 28.5. The zero-order valence-electron chi connectivity index (χ0n) is 24.3. The summed E-state index contributed by atoms with van der Waals surface area (Å²) in [6.07, 6.45) is 1.75. The Labute approximate surface area is 273 Å². The fourth-order valence-electron chi connectivity index (χ4n) is 5.13. The SMILES string of the molecule is COc1ccc([C@@H]2C(C(=O)Nc3ccccc3)=C(C)N=c3s/c(=C/c4cc(Cl)ccc4OCc4cccc(Cl)c4)c(=O)n32)cc1. The second kappa shape index (κ2) is 13.2. The van der Waals surface area contributed by atoms with Gasteiger partial charge in [-0.05, 0) is 78.7 Å². The van der Waals surface area contributed by atoms with Crippen LogP contribution in [0.2, 0.25) is 10.0 Å². The van der Waals surface area contributed by atoms with Crippen molar-refractivity contribution in [3.8, 4) is 11.5 Å². The first kappa shape index (κ1) is 30.4. The topological polar surface area (TPSA) is 81.9 Å². The highest BCUT2D eigenvalue weighted by molar-refractivity contribution is 7.07. The summed E-state index contributed by atoms with van der Waals surface area (Å²) >= 11 is 13.8. The molecule has 0 bridgehead atoms. The fourth-order valence-corrected chi connectivity index (χ4v) is 6.56. The zero-order valence-corrected chi connectivity index (χ0v) is 26.6. The van der Waals surface area contributed by atoms with Crippen LogP contribution in [0.15, 0.2) is 118 Å². The van der Waals surface area contributed by atoms with Crippen molar-refractivity contribution in [2.75, 3.05) is 12.4 Å². The largest absolute Gasteiger partial charge is 0.497 e. The number of methoxy groups -OCH3 is 1. The number of hydrogen-bond acceptors (Lipinski definition) is 6. The molecule has 0 unspecified atom stereocenters. The van der Waals surface area contributed by atoms with Crippen LogP contribution < -0.4 is 29.7 Å². The number of aromatic nitrogens is 1. The first-order chi connectivity index (χ1) is 21.8. The van der Waals surface area contributed by atoms with Crippen LogP contribution in [0.4, 0.5) is 5.69 Å². The number of para-hydroxylation sites is 1. The van der Waals surface area contributed by atoms with Crippen molar-refractivity contribution in [2.24, 2.45) is 4.99 Å². The Kier molecular flexibility index (Phi) is 8.89. The lowest BCUT2D eigenvalue weighted by Crippen LogP contribution is -2.40. The number of amides is 1. The van der Waals surface area contributed by atoms with E-state index in [1.807, 2.05) is 72.8 Å². The zero-order chi connectivity index (χ0) is 31.5. The number of thiazole rings is 1. The van der Waals surface area contributed by atoms with Crippen molar-refractivity contribution in [2.45, 2.75) is 19.6 Å². The Morgan fingerprint density at radius 3 is 2.47 bits per heavy atom. The van der Waals surface area contributed by atoms with Crippen LogP contribution in [0.1, 0.15) is 29.7 Å². The summed E-state index contributed by atoms with van der Waals surface area (Å²) in [5, 5.41) is 4.08. The number of carbonyl (C=O) groups excluding carboxylic acids is 1. The van der Waals surface area contributed by atoms with E-state index in [-0.39, 0.29) is 18.1 Å². The molecule has 1 aromatic heterocycles. The molecule has 0 fully saturated rings. The Morgan fingerprint density at radius 2 is 1.73 bits per heavy atom. The average molecular weight is 657 g/mol. The standard InChI is InChI=1S/C35H27Cl2N3O4S/c1-21-31(33(41)39-27-9-4-3-5-10-27)32(23-11-14-28(43-2)15-12-23)40-34(42)30(45-35(40)38-21)19-24-18-26(37)13-16-29(24)44-20-22-7-6-8-25(36)17-22/h3-19,32H,20H2,1-2H3,(H,39,41)/b30-19+/t32-/m1/s1. The highest BCUT2D eigenvalue weighted by Crippen LogP contribution is 2.32. The van der Waals surface area contributed by atoms with E-state index in [1.165, 1.54) is 11.3 Å². The number of rotatable bonds is 8. The molecule has 1 N–H and O–H groups in total. The number of ether oxygens (including phenoxy) is 2. The van der Waals surface area contributed by atoms with Crippen LogP contribution >= 0.6 is 34.5 Å². The van der Waals surface area contributed by atoms with Gasteiger partial charge in [0, 0.05) is 21.3 Å². The minimum Gasteiger partial charge on any atom is -0.497 e. The van der Waals surface area contributed by atoms with Crippen LogP contribution in [0.3, 0.4) is 0 Å². The molecule has 0 radical (unpaired) electrons. The minimum absolute atomic E-state index is 0.279. The van der Waals surface area contributed by atoms with Gasteiger partial charge in [0.25, 0.3) is 11.5 Å². The number of benzene rings is 4. The number of hydrogen-bond donors (Lipinski definition) is 1. The van der Waals surface area contributed by atoms with Crippen LogP contribution in [0, 0.1) is 0 Å². The molecule has 10 heteroatoms. The van der Waals surface area contributed by atoms with Gasteiger partial charge < -0.3 is 14.8 Å². The maximum atomic E-state index is 14.2. The predicted molar refractivity (Wildman–Crippen MR) is 179 cm³/mol. The second-order valence-corrected chi connectivity index (χ2v) is 12.2. The average Bonchev–Trinajstić information content (AvgIpc) is 3.34. The predicted octanol–water partition coefficient (Wildman–Crippen LogP) is 6.77. The minimum atomic E-state index is -0.726. The van der Waals surface area contributed by atoms with Crippen molar-refractivity contribution < 1.29 is 14.3 Å². The highest BCUT2D eigenvalue weighted by Gasteiger charge is 2.32. The van der Waals surface area contributed by atoms with Crippen molar-refractivity contribution >= 4 is 52.2 Å². The van der Waals surface area contributed by atoms with Gasteiger partial charge in [0.1, 0.15) is 18.1 Å². The first-order valence-electron chi connectivity index (χ1n) is 14.0. The summed E-state index contributed by atoms with van der Waals surface area (Å²) in [6.45, 7) is 2.06. The lowest BCUT2D eigenvalue weighted by atomic mass is 9.95. The van der Waals surface area contributed by atoms with Gasteiger partial charge in [-0.2, -0.15) is 0 Å². The molecular weight excluding hydrogens is 629 g/mol. The maximum absolute atomic E-state index is 14.2. The van der Waals surface area contributed by atoms with Crippen LogP contribution in [0.25, 0.3) is 6.08 Å². The molecule has 1 aliphatic heterocycles. The number of carbonyl (C=O) groups is 1. The Balaban J connectivity index is 1.44. The maximum Gasteiger partial charge on any atom is 0.271 e. The molecule has 1 amide bonds. The molecule has 45 heavy (non-hydrogen) atoms. The molecular formula is C35H27Cl2N3O4S. The number of fused-ring (bicyclic) bond motifs is 1. The molecule has 2 heterocycles. The van der Waals surface area contributed by atoms with Gasteiger partial charge in [-0.15, -0.1) is 0 Å². The molecule has 0 saturated heterocycles. The molecule has 5 aromatic rings. The van der Waals surface area contributed by atoms with Crippen molar-refractivity contribution in [1.82, 2.24) is 4.57 Å². The van der Waals surface area contributed by atoms with Crippen LogP contribution in [0.5, 0.6) is 11.5 Å². The number of nitrogens with one attached hydrogen (secondary N) is 1. The molecule has 0 aliphatic carbocycles. The first-order valence-corrected chi connectivity index (χ1v) is 15.6. The van der Waals surface area contributed by atoms with E-state index >= 15 is 0 Å². The van der Waals surface area contributed by atoms with Gasteiger partial charge >= 0.3 is 0 Å². The van der Waals surface area contributed by atoms with E-state index in [0.717, 1.165) is 11.1 Å². The summed E-state index contributed by atoms with van der Waals surface area (Å²) in [7, 11) is 1.59. The van der Waals surface area contributed by atoms with Crippen LogP contribution in [-0.4, -0.2) is 17.6 Å². The molecule has 6 rings (SSSR count). The Morgan fingerprint density at radius 1 is 0.978 bits per heavy atom. The lowest BCUT2D eigenvalue weighted by Gasteiger charge is -2.25. The van der Waals surface area contributed by atoms with Gasteiger partial charge in [0.15, 0.2) is 4.80 Å². The summed E-state index contributed by atoms with van der Waals surface area (Å²) in [4.78, 5) is 33.2. The molecule has 0 saturated carbocycles. The third kappa shape index (κ3) is 6.59. The van der Waals surface area contributed by atoms with Gasteiger partial charge in [0.2, 0.25) is 0 Å². The van der Waals surface area contributed by atoms with E-state index in [0.29, 0.717) is 53.4 Å². The second-order valence-electron chi connectivity index (χ2n) is 10.3. The monoisotopic (exact) mass is 655 g/mol. The highest BCUT2D eigenvalue weighted by atomic mass is 35.5. The summed E-state index contributed by atoms with van der Waals surface area (Å²) in [5.74, 6) is 0.869. The van der Waals surface area contributed by atoms with Crippen molar-refractivity contribution in [3.05, 3.63) is 155 Å². The van der Waals surface area contributed by atoms with E-state index in [4.69, 9.17) is 37.7 Å². The van der Waals surface area contributed by atoms with Crippen LogP contribution in [-0.2, 0) is 11.4 Å². The van der Waals surface area contributed by atoms with E-state index < -0.39 is 6.04 Å². The lowest BCUT2D eigenvalue weighted by molar-refractivity contribution is -0.113. The molecule has 0 spiro atoms. The quantitative estimate of drug-likeness (QED) is 0.200. The van der Waals surface area contributed by atoms with E-state index in [2.05, 4.69) is 5.32 Å². The molecule has 7 nitrogen and oxygen atoms in total. The molecule has 4 aromatic carbocycles. The Bertz CT molecular complexity index is 2110. The van der Waals surface area contributed by atoms with Crippen molar-refractivity contribution in [3.63, 3.8) is 0 Å². The van der Waals surface area contributed by atoms with Gasteiger partial charge in [-0.3, -0.25) is 14.2 Å². The smallest absolute Gasteiger partial charge is 0.271 e. The third-order valence-electron chi connectivity index (χ3n) is 7.27. The number of allylic oxidation sites excluding steroid dienone is 1. The fraction of sp³-hybridized carbons (Fsp3) is 0.114. The molecule has 1 aliphatic rings. The normalized spacial score (nSPS) is 14.5. The number of halogens is 2. The summed E-state index contributed by atoms with van der Waals surface area (Å²) in [5.41, 5.74) is 3.51. The van der Waals surface area contributed by atoms with Gasteiger partial charge in [-0.1, -0.05) is 77.0 Å².